The smallest absolute Gasteiger partial charge is 0.310 e. The molecule has 116 valence electrons. The molecule has 0 spiro atoms. The molecule has 0 radical (unpaired) electrons. The molecule has 1 aromatic carbocycles. The third-order valence-electron chi connectivity index (χ3n) is 3.32. The molecule has 0 aliphatic carbocycles. The number of hydrogen-bond donors (Lipinski definition) is 1. The molecule has 1 aliphatic rings. The first-order valence-corrected chi connectivity index (χ1v) is 7.91. The summed E-state index contributed by atoms with van der Waals surface area (Å²) in [7, 11) is -2.87. The molecular weight excluding hydrogens is 323 g/mol. The fraction of sp³-hybridized carbons (Fsp3) is 0.417. The Morgan fingerprint density at radius 3 is 2.81 bits per heavy atom. The Kier molecular flexibility index (Phi) is 4.40. The number of nitrogen functional groups attached to an aromatic ring is 1. The van der Waals surface area contributed by atoms with E-state index >= 15 is 0 Å². The van der Waals surface area contributed by atoms with Crippen LogP contribution in [-0.2, 0) is 19.6 Å². The van der Waals surface area contributed by atoms with E-state index in [2.05, 4.69) is 4.74 Å². The van der Waals surface area contributed by atoms with Crippen LogP contribution in [0.1, 0.15) is 6.42 Å². The van der Waals surface area contributed by atoms with E-state index in [1.807, 2.05) is 0 Å². The van der Waals surface area contributed by atoms with E-state index in [1.54, 1.807) is 0 Å². The maximum atomic E-state index is 14.0. The average Bonchev–Trinajstić information content (AvgIpc) is 2.92. The van der Waals surface area contributed by atoms with Crippen molar-refractivity contribution in [3.63, 3.8) is 0 Å². The van der Waals surface area contributed by atoms with Gasteiger partial charge < -0.3 is 10.5 Å². The number of halogens is 2. The van der Waals surface area contributed by atoms with E-state index in [1.165, 1.54) is 7.11 Å². The predicted octanol–water partition coefficient (Wildman–Crippen LogP) is 1.24. The summed E-state index contributed by atoms with van der Waals surface area (Å²) in [6, 6.07) is 2.15. The Morgan fingerprint density at radius 2 is 2.19 bits per heavy atom. The molecule has 1 heterocycles. The minimum Gasteiger partial charge on any atom is -0.469 e. The molecule has 1 saturated heterocycles. The lowest BCUT2D eigenvalue weighted by Crippen LogP contribution is -2.31. The molecule has 2 rings (SSSR count). The number of benzene rings is 1. The van der Waals surface area contributed by atoms with Gasteiger partial charge in [0.1, 0.15) is 4.90 Å². The molecule has 0 bridgehead atoms. The molecule has 0 amide bonds. The molecule has 9 heteroatoms. The molecule has 2 N–H and O–H groups in total. The molecular formula is C12H14ClFN2O4S. The van der Waals surface area contributed by atoms with E-state index < -0.39 is 32.6 Å². The highest BCUT2D eigenvalue weighted by atomic mass is 35.5. The van der Waals surface area contributed by atoms with Crippen molar-refractivity contribution in [3.05, 3.63) is 23.0 Å². The molecule has 1 fully saturated rings. The number of ether oxygens (including phenoxy) is 1. The number of carbonyl (C=O) groups excluding carboxylic acids is 1. The first kappa shape index (κ1) is 16.0. The fourth-order valence-corrected chi connectivity index (χ4v) is 4.12. The van der Waals surface area contributed by atoms with Crippen LogP contribution < -0.4 is 5.73 Å². The highest BCUT2D eigenvalue weighted by Crippen LogP contribution is 2.30. The zero-order chi connectivity index (χ0) is 15.8. The summed E-state index contributed by atoms with van der Waals surface area (Å²) in [6.45, 7) is 0.0504. The van der Waals surface area contributed by atoms with Gasteiger partial charge in [0.2, 0.25) is 10.0 Å². The second-order valence-electron chi connectivity index (χ2n) is 4.69. The largest absolute Gasteiger partial charge is 0.469 e. The lowest BCUT2D eigenvalue weighted by Gasteiger charge is -2.17. The third-order valence-corrected chi connectivity index (χ3v) is 5.46. The number of sulfonamides is 1. The van der Waals surface area contributed by atoms with Gasteiger partial charge in [-0.15, -0.1) is 0 Å². The number of esters is 1. The first-order chi connectivity index (χ1) is 9.77. The summed E-state index contributed by atoms with van der Waals surface area (Å²) in [5, 5.41) is -0.364. The maximum Gasteiger partial charge on any atom is 0.310 e. The number of nitrogens with two attached hydrogens (primary N) is 1. The van der Waals surface area contributed by atoms with Crippen LogP contribution in [0.25, 0.3) is 0 Å². The quantitative estimate of drug-likeness (QED) is 0.662. The molecule has 1 aromatic rings. The topological polar surface area (TPSA) is 89.7 Å². The standard InChI is InChI=1S/C12H14ClFN2O4S/c1-20-12(17)7-2-3-16(6-7)21(18,19)10-5-8(15)4-9(13)11(10)14/h4-5,7H,2-3,6,15H2,1H3. The van der Waals surface area contributed by atoms with E-state index in [4.69, 9.17) is 17.3 Å². The molecule has 1 atom stereocenters. The Hall–Kier alpha value is -1.38. The summed E-state index contributed by atoms with van der Waals surface area (Å²) in [4.78, 5) is 10.9. The number of rotatable bonds is 3. The number of anilines is 1. The minimum absolute atomic E-state index is 0.0451. The zero-order valence-corrected chi connectivity index (χ0v) is 12.7. The van der Waals surface area contributed by atoms with Crippen LogP contribution in [0.2, 0.25) is 5.02 Å². The summed E-state index contributed by atoms with van der Waals surface area (Å²) in [5.41, 5.74) is 5.56. The van der Waals surface area contributed by atoms with Gasteiger partial charge in [0.15, 0.2) is 5.82 Å². The highest BCUT2D eigenvalue weighted by molar-refractivity contribution is 7.89. The van der Waals surface area contributed by atoms with Crippen LogP contribution in [0.5, 0.6) is 0 Å². The first-order valence-electron chi connectivity index (χ1n) is 6.10. The van der Waals surface area contributed by atoms with Crippen LogP contribution in [0.3, 0.4) is 0 Å². The van der Waals surface area contributed by atoms with Crippen molar-refractivity contribution in [2.45, 2.75) is 11.3 Å². The van der Waals surface area contributed by atoms with Crippen LogP contribution >= 0.6 is 11.6 Å². The minimum atomic E-state index is -4.10. The summed E-state index contributed by atoms with van der Waals surface area (Å²) in [6.07, 6.45) is 0.323. The third kappa shape index (κ3) is 2.97. The predicted molar refractivity (Wildman–Crippen MR) is 74.7 cm³/mol. The maximum absolute atomic E-state index is 14.0. The monoisotopic (exact) mass is 336 g/mol. The SMILES string of the molecule is COC(=O)C1CCN(S(=O)(=O)c2cc(N)cc(Cl)c2F)C1. The summed E-state index contributed by atoms with van der Waals surface area (Å²) < 4.78 is 44.5. The van der Waals surface area contributed by atoms with E-state index in [9.17, 15) is 17.6 Å². The molecule has 21 heavy (non-hydrogen) atoms. The average molecular weight is 337 g/mol. The van der Waals surface area contributed by atoms with Gasteiger partial charge in [0, 0.05) is 18.8 Å². The van der Waals surface area contributed by atoms with Crippen molar-refractivity contribution in [2.75, 3.05) is 25.9 Å². The van der Waals surface area contributed by atoms with Crippen LogP contribution in [0, 0.1) is 11.7 Å². The van der Waals surface area contributed by atoms with Crippen molar-refractivity contribution >= 4 is 33.3 Å². The Labute approximate surface area is 126 Å². The van der Waals surface area contributed by atoms with Crippen LogP contribution in [0.4, 0.5) is 10.1 Å². The van der Waals surface area contributed by atoms with Gasteiger partial charge in [0.25, 0.3) is 0 Å². The fourth-order valence-electron chi connectivity index (χ4n) is 2.22. The lowest BCUT2D eigenvalue weighted by molar-refractivity contribution is -0.144. The Morgan fingerprint density at radius 1 is 1.52 bits per heavy atom. The molecule has 1 unspecified atom stereocenters. The van der Waals surface area contributed by atoms with Gasteiger partial charge in [-0.1, -0.05) is 11.6 Å². The van der Waals surface area contributed by atoms with Crippen molar-refractivity contribution in [3.8, 4) is 0 Å². The van der Waals surface area contributed by atoms with Gasteiger partial charge in [-0.25, -0.2) is 12.8 Å². The van der Waals surface area contributed by atoms with Crippen molar-refractivity contribution < 1.29 is 22.3 Å². The summed E-state index contributed by atoms with van der Waals surface area (Å²) in [5.74, 6) is -2.09. The van der Waals surface area contributed by atoms with Crippen molar-refractivity contribution in [1.82, 2.24) is 4.31 Å². The number of hydrogen-bond acceptors (Lipinski definition) is 5. The number of methoxy groups -OCH3 is 1. The zero-order valence-electron chi connectivity index (χ0n) is 11.2. The molecule has 6 nitrogen and oxygen atoms in total. The second-order valence-corrected chi connectivity index (χ2v) is 7.00. The highest BCUT2D eigenvalue weighted by Gasteiger charge is 2.38. The Bertz CT molecular complexity index is 680. The lowest BCUT2D eigenvalue weighted by atomic mass is 10.1. The molecule has 1 aliphatic heterocycles. The molecule has 0 saturated carbocycles. The van der Waals surface area contributed by atoms with E-state index in [-0.39, 0.29) is 23.8 Å². The van der Waals surface area contributed by atoms with Gasteiger partial charge in [-0.05, 0) is 18.6 Å². The van der Waals surface area contributed by atoms with E-state index in [0.717, 1.165) is 16.4 Å². The van der Waals surface area contributed by atoms with Crippen molar-refractivity contribution in [2.24, 2.45) is 5.92 Å². The normalized spacial score (nSPS) is 19.7. The number of nitrogens with zero attached hydrogens (tertiary/aromatic N) is 1. The van der Waals surface area contributed by atoms with Gasteiger partial charge in [-0.2, -0.15) is 4.31 Å². The second kappa shape index (κ2) is 5.78. The van der Waals surface area contributed by atoms with Gasteiger partial charge in [0.05, 0.1) is 18.1 Å². The molecule has 0 aromatic heterocycles. The Balaban J connectivity index is 2.34. The van der Waals surface area contributed by atoms with Crippen LogP contribution in [-0.4, -0.2) is 38.9 Å². The van der Waals surface area contributed by atoms with Crippen LogP contribution in [0.15, 0.2) is 17.0 Å². The van der Waals surface area contributed by atoms with Gasteiger partial charge >= 0.3 is 5.97 Å². The number of carbonyl (C=O) groups is 1. The van der Waals surface area contributed by atoms with Crippen molar-refractivity contribution in [1.29, 1.82) is 0 Å². The summed E-state index contributed by atoms with van der Waals surface area (Å²) >= 11 is 5.62. The van der Waals surface area contributed by atoms with E-state index in [0.29, 0.717) is 6.42 Å². The van der Waals surface area contributed by atoms with Gasteiger partial charge in [-0.3, -0.25) is 4.79 Å².